The van der Waals surface area contributed by atoms with Crippen LogP contribution in [-0.2, 0) is 6.42 Å². The Bertz CT molecular complexity index is 416. The van der Waals surface area contributed by atoms with Crippen LogP contribution in [0, 0.1) is 5.92 Å². The van der Waals surface area contributed by atoms with Crippen molar-refractivity contribution in [2.45, 2.75) is 26.2 Å². The summed E-state index contributed by atoms with van der Waals surface area (Å²) in [4.78, 5) is 13.1. The van der Waals surface area contributed by atoms with Gasteiger partial charge in [0.05, 0.1) is 0 Å². The van der Waals surface area contributed by atoms with Crippen LogP contribution in [0.4, 0.5) is 5.82 Å². The molecule has 0 aliphatic carbocycles. The van der Waals surface area contributed by atoms with E-state index in [2.05, 4.69) is 40.8 Å². The van der Waals surface area contributed by atoms with Crippen molar-refractivity contribution in [3.8, 4) is 0 Å². The first-order chi connectivity index (χ1) is 9.11. The number of piperidine rings is 1. The topological polar surface area (TPSA) is 32.3 Å². The van der Waals surface area contributed by atoms with Crippen molar-refractivity contribution in [3.05, 3.63) is 17.0 Å². The molecular weight excluding hydrogens is 260 g/mol. The van der Waals surface area contributed by atoms with Gasteiger partial charge in [0.2, 0.25) is 0 Å². The molecule has 2 rings (SSSR count). The fourth-order valence-electron chi connectivity index (χ4n) is 2.73. The van der Waals surface area contributed by atoms with Gasteiger partial charge in [0.15, 0.2) is 0 Å². The van der Waals surface area contributed by atoms with Crippen LogP contribution in [0.3, 0.4) is 0 Å². The lowest BCUT2D eigenvalue weighted by molar-refractivity contribution is 0.222. The van der Waals surface area contributed by atoms with Crippen LogP contribution in [0.2, 0.25) is 5.15 Å². The second-order valence-electron chi connectivity index (χ2n) is 5.45. The summed E-state index contributed by atoms with van der Waals surface area (Å²) in [5.41, 5.74) is 1.06. The number of hydrogen-bond donors (Lipinski definition) is 0. The molecule has 0 spiro atoms. The molecule has 19 heavy (non-hydrogen) atoms. The molecule has 0 bridgehead atoms. The van der Waals surface area contributed by atoms with E-state index in [0.29, 0.717) is 5.15 Å². The maximum Gasteiger partial charge on any atom is 0.137 e. The summed E-state index contributed by atoms with van der Waals surface area (Å²) >= 11 is 6.15. The Labute approximate surface area is 120 Å². The van der Waals surface area contributed by atoms with Gasteiger partial charge in [0.1, 0.15) is 17.3 Å². The lowest BCUT2D eigenvalue weighted by atomic mass is 9.96. The summed E-state index contributed by atoms with van der Waals surface area (Å²) in [6.45, 7) is 5.54. The SMILES string of the molecule is CCc1c(Cl)ncnc1N(C)CC1CCN(C)CC1. The van der Waals surface area contributed by atoms with Crippen LogP contribution in [0.1, 0.15) is 25.3 Å². The van der Waals surface area contributed by atoms with Gasteiger partial charge >= 0.3 is 0 Å². The fraction of sp³-hybridized carbons (Fsp3) is 0.714. The molecule has 1 fully saturated rings. The Morgan fingerprint density at radius 2 is 2.05 bits per heavy atom. The molecule has 1 saturated heterocycles. The largest absolute Gasteiger partial charge is 0.359 e. The molecule has 2 heterocycles. The molecule has 0 N–H and O–H groups in total. The molecule has 4 nitrogen and oxygen atoms in total. The molecule has 1 aliphatic rings. The Kier molecular flexibility index (Phi) is 4.99. The number of rotatable bonds is 4. The van der Waals surface area contributed by atoms with E-state index in [1.54, 1.807) is 6.33 Å². The zero-order valence-corrected chi connectivity index (χ0v) is 12.8. The van der Waals surface area contributed by atoms with Crippen molar-refractivity contribution in [1.82, 2.24) is 14.9 Å². The minimum absolute atomic E-state index is 0.586. The number of hydrogen-bond acceptors (Lipinski definition) is 4. The smallest absolute Gasteiger partial charge is 0.137 e. The van der Waals surface area contributed by atoms with E-state index in [1.807, 2.05) is 0 Å². The summed E-state index contributed by atoms with van der Waals surface area (Å²) in [6, 6.07) is 0. The predicted molar refractivity (Wildman–Crippen MR) is 79.9 cm³/mol. The van der Waals surface area contributed by atoms with Crippen molar-refractivity contribution in [1.29, 1.82) is 0 Å². The lowest BCUT2D eigenvalue weighted by Gasteiger charge is -2.32. The fourth-order valence-corrected chi connectivity index (χ4v) is 3.00. The lowest BCUT2D eigenvalue weighted by Crippen LogP contribution is -2.36. The van der Waals surface area contributed by atoms with Gasteiger partial charge in [0.25, 0.3) is 0 Å². The average molecular weight is 283 g/mol. The third-order valence-corrected chi connectivity index (χ3v) is 4.28. The van der Waals surface area contributed by atoms with Crippen LogP contribution >= 0.6 is 11.6 Å². The van der Waals surface area contributed by atoms with Crippen LogP contribution in [0.25, 0.3) is 0 Å². The first-order valence-electron chi connectivity index (χ1n) is 7.00. The van der Waals surface area contributed by atoms with Crippen LogP contribution in [0.5, 0.6) is 0 Å². The molecular formula is C14H23ClN4. The van der Waals surface area contributed by atoms with Crippen LogP contribution < -0.4 is 4.90 Å². The normalized spacial score (nSPS) is 17.7. The molecule has 5 heteroatoms. The zero-order chi connectivity index (χ0) is 13.8. The number of aromatic nitrogens is 2. The van der Waals surface area contributed by atoms with Gasteiger partial charge in [-0.3, -0.25) is 0 Å². The van der Waals surface area contributed by atoms with Crippen molar-refractivity contribution in [2.75, 3.05) is 38.6 Å². The Hall–Kier alpha value is -0.870. The van der Waals surface area contributed by atoms with E-state index in [1.165, 1.54) is 25.9 Å². The van der Waals surface area contributed by atoms with Gasteiger partial charge in [-0.25, -0.2) is 9.97 Å². The minimum Gasteiger partial charge on any atom is -0.359 e. The highest BCUT2D eigenvalue weighted by Gasteiger charge is 2.20. The third-order valence-electron chi connectivity index (χ3n) is 3.96. The summed E-state index contributed by atoms with van der Waals surface area (Å²) in [5, 5.41) is 0.586. The number of likely N-dealkylation sites (tertiary alicyclic amines) is 1. The van der Waals surface area contributed by atoms with Gasteiger partial charge in [-0.1, -0.05) is 18.5 Å². The van der Waals surface area contributed by atoms with Crippen LogP contribution in [0.15, 0.2) is 6.33 Å². The molecule has 106 valence electrons. The summed E-state index contributed by atoms with van der Waals surface area (Å²) < 4.78 is 0. The predicted octanol–water partition coefficient (Wildman–Crippen LogP) is 2.47. The highest BCUT2D eigenvalue weighted by molar-refractivity contribution is 6.30. The average Bonchev–Trinajstić information content (AvgIpc) is 2.41. The summed E-state index contributed by atoms with van der Waals surface area (Å²) in [5.74, 6) is 1.74. The molecule has 0 atom stereocenters. The van der Waals surface area contributed by atoms with Crippen LogP contribution in [-0.4, -0.2) is 48.6 Å². The highest BCUT2D eigenvalue weighted by atomic mass is 35.5. The summed E-state index contributed by atoms with van der Waals surface area (Å²) in [6.07, 6.45) is 4.96. The van der Waals surface area contributed by atoms with Gasteiger partial charge in [-0.2, -0.15) is 0 Å². The van der Waals surface area contributed by atoms with E-state index in [-0.39, 0.29) is 0 Å². The molecule has 0 amide bonds. The standard InChI is InChI=1S/C14H23ClN4/c1-4-12-13(15)16-10-17-14(12)19(3)9-11-5-7-18(2)8-6-11/h10-11H,4-9H2,1-3H3. The molecule has 1 aromatic heterocycles. The maximum absolute atomic E-state index is 6.15. The van der Waals surface area contributed by atoms with E-state index in [9.17, 15) is 0 Å². The van der Waals surface area contributed by atoms with Crippen molar-refractivity contribution in [3.63, 3.8) is 0 Å². The van der Waals surface area contributed by atoms with Crippen molar-refractivity contribution in [2.24, 2.45) is 5.92 Å². The second kappa shape index (κ2) is 6.53. The molecule has 1 aliphatic heterocycles. The first-order valence-corrected chi connectivity index (χ1v) is 7.38. The van der Waals surface area contributed by atoms with Gasteiger partial charge in [-0.15, -0.1) is 0 Å². The molecule has 0 aromatic carbocycles. The molecule has 0 saturated carbocycles. The molecule has 0 unspecified atom stereocenters. The second-order valence-corrected chi connectivity index (χ2v) is 5.81. The van der Waals surface area contributed by atoms with E-state index >= 15 is 0 Å². The van der Waals surface area contributed by atoms with Crippen molar-refractivity contribution < 1.29 is 0 Å². The summed E-state index contributed by atoms with van der Waals surface area (Å²) in [7, 11) is 4.30. The minimum atomic E-state index is 0.586. The van der Waals surface area contributed by atoms with Crippen molar-refractivity contribution >= 4 is 17.4 Å². The third kappa shape index (κ3) is 3.57. The quantitative estimate of drug-likeness (QED) is 0.794. The van der Waals surface area contributed by atoms with Gasteiger partial charge in [0, 0.05) is 19.2 Å². The molecule has 0 radical (unpaired) electrons. The molecule has 1 aromatic rings. The maximum atomic E-state index is 6.15. The Morgan fingerprint density at radius 3 is 2.68 bits per heavy atom. The van der Waals surface area contributed by atoms with E-state index in [0.717, 1.165) is 30.3 Å². The number of halogens is 1. The monoisotopic (exact) mass is 282 g/mol. The Morgan fingerprint density at radius 1 is 1.37 bits per heavy atom. The highest BCUT2D eigenvalue weighted by Crippen LogP contribution is 2.25. The van der Waals surface area contributed by atoms with Gasteiger partial charge in [-0.05, 0) is 45.3 Å². The van der Waals surface area contributed by atoms with E-state index < -0.39 is 0 Å². The Balaban J connectivity index is 2.03. The first kappa shape index (κ1) is 14.5. The zero-order valence-electron chi connectivity index (χ0n) is 12.1. The van der Waals surface area contributed by atoms with Gasteiger partial charge < -0.3 is 9.80 Å². The van der Waals surface area contributed by atoms with E-state index in [4.69, 9.17) is 11.6 Å². The number of nitrogens with zero attached hydrogens (tertiary/aromatic N) is 4. The number of anilines is 1.